The third kappa shape index (κ3) is 2.17. The molecule has 0 saturated heterocycles. The van der Waals surface area contributed by atoms with E-state index in [2.05, 4.69) is 4.74 Å². The summed E-state index contributed by atoms with van der Waals surface area (Å²) in [6.45, 7) is 2.99. The Morgan fingerprint density at radius 2 is 1.33 bits per heavy atom. The SMILES string of the molecule is COC(=O)c1c(C(=O)O)c(C)cc(C)c1C(=O)O. The van der Waals surface area contributed by atoms with Crippen LogP contribution in [0, 0.1) is 13.8 Å². The van der Waals surface area contributed by atoms with Crippen LogP contribution in [0.3, 0.4) is 0 Å². The quantitative estimate of drug-likeness (QED) is 0.790. The van der Waals surface area contributed by atoms with E-state index < -0.39 is 23.5 Å². The summed E-state index contributed by atoms with van der Waals surface area (Å²) >= 11 is 0. The normalized spacial score (nSPS) is 9.94. The van der Waals surface area contributed by atoms with E-state index in [1.165, 1.54) is 19.9 Å². The van der Waals surface area contributed by atoms with Gasteiger partial charge in [-0.1, -0.05) is 6.07 Å². The van der Waals surface area contributed by atoms with Crippen LogP contribution in [0.5, 0.6) is 0 Å². The fraction of sp³-hybridized carbons (Fsp3) is 0.250. The molecule has 1 aromatic rings. The zero-order chi connectivity index (χ0) is 14.0. The monoisotopic (exact) mass is 252 g/mol. The lowest BCUT2D eigenvalue weighted by Crippen LogP contribution is -2.19. The van der Waals surface area contributed by atoms with Crippen LogP contribution in [0.15, 0.2) is 6.07 Å². The fourth-order valence-electron chi connectivity index (χ4n) is 1.85. The van der Waals surface area contributed by atoms with E-state index in [1.807, 2.05) is 0 Å². The summed E-state index contributed by atoms with van der Waals surface area (Å²) in [6.07, 6.45) is 0. The molecule has 0 spiro atoms. The van der Waals surface area contributed by atoms with Gasteiger partial charge in [0, 0.05) is 0 Å². The summed E-state index contributed by atoms with van der Waals surface area (Å²) in [6, 6.07) is 1.42. The predicted octanol–water partition coefficient (Wildman–Crippen LogP) is 1.49. The Morgan fingerprint density at radius 3 is 1.61 bits per heavy atom. The van der Waals surface area contributed by atoms with E-state index in [4.69, 9.17) is 10.2 Å². The van der Waals surface area contributed by atoms with Gasteiger partial charge in [-0.3, -0.25) is 0 Å². The van der Waals surface area contributed by atoms with E-state index in [1.54, 1.807) is 0 Å². The second-order valence-corrected chi connectivity index (χ2v) is 3.74. The van der Waals surface area contributed by atoms with Gasteiger partial charge in [-0.25, -0.2) is 14.4 Å². The second kappa shape index (κ2) is 4.87. The molecule has 6 nitrogen and oxygen atoms in total. The molecule has 2 N–H and O–H groups in total. The number of rotatable bonds is 3. The molecule has 0 aliphatic heterocycles. The molecular weight excluding hydrogens is 240 g/mol. The average Bonchev–Trinajstić information content (AvgIpc) is 2.25. The van der Waals surface area contributed by atoms with E-state index in [0.717, 1.165) is 7.11 Å². The fourth-order valence-corrected chi connectivity index (χ4v) is 1.85. The first-order valence-electron chi connectivity index (χ1n) is 5.00. The highest BCUT2D eigenvalue weighted by Crippen LogP contribution is 2.24. The van der Waals surface area contributed by atoms with Crippen LogP contribution in [-0.2, 0) is 4.74 Å². The van der Waals surface area contributed by atoms with Gasteiger partial charge in [-0.2, -0.15) is 0 Å². The molecule has 18 heavy (non-hydrogen) atoms. The lowest BCUT2D eigenvalue weighted by Gasteiger charge is -2.13. The maximum atomic E-state index is 11.6. The second-order valence-electron chi connectivity index (χ2n) is 3.74. The number of benzene rings is 1. The number of methoxy groups -OCH3 is 1. The molecule has 0 atom stereocenters. The number of aryl methyl sites for hydroxylation is 2. The minimum Gasteiger partial charge on any atom is -0.478 e. The Kier molecular flexibility index (Phi) is 3.70. The summed E-state index contributed by atoms with van der Waals surface area (Å²) < 4.78 is 4.46. The van der Waals surface area contributed by atoms with Crippen molar-refractivity contribution in [2.24, 2.45) is 0 Å². The molecule has 0 radical (unpaired) electrons. The zero-order valence-electron chi connectivity index (χ0n) is 10.1. The molecule has 0 aliphatic rings. The number of ether oxygens (including phenoxy) is 1. The molecule has 0 amide bonds. The third-order valence-electron chi connectivity index (χ3n) is 2.54. The minimum atomic E-state index is -1.37. The van der Waals surface area contributed by atoms with Crippen molar-refractivity contribution in [1.29, 1.82) is 0 Å². The lowest BCUT2D eigenvalue weighted by atomic mass is 9.92. The summed E-state index contributed by atoms with van der Waals surface area (Å²) in [4.78, 5) is 33.9. The van der Waals surface area contributed by atoms with Crippen LogP contribution in [0.25, 0.3) is 0 Å². The molecule has 1 rings (SSSR count). The first kappa shape index (κ1) is 13.7. The number of carbonyl (C=O) groups is 3. The van der Waals surface area contributed by atoms with E-state index in [9.17, 15) is 14.4 Å². The lowest BCUT2D eigenvalue weighted by molar-refractivity contribution is 0.0568. The molecule has 0 heterocycles. The molecule has 96 valence electrons. The Labute approximate surface area is 103 Å². The standard InChI is InChI=1S/C12H12O6/c1-5-4-6(2)8(11(15)16)9(12(17)18-3)7(5)10(13)14/h4H,1-3H3,(H,13,14)(H,15,16). The van der Waals surface area contributed by atoms with Crippen molar-refractivity contribution in [1.82, 2.24) is 0 Å². The van der Waals surface area contributed by atoms with Crippen molar-refractivity contribution in [2.45, 2.75) is 13.8 Å². The van der Waals surface area contributed by atoms with Gasteiger partial charge in [-0.15, -0.1) is 0 Å². The van der Waals surface area contributed by atoms with Crippen LogP contribution < -0.4 is 0 Å². The van der Waals surface area contributed by atoms with Crippen molar-refractivity contribution in [3.63, 3.8) is 0 Å². The predicted molar refractivity (Wildman–Crippen MR) is 61.2 cm³/mol. The van der Waals surface area contributed by atoms with Crippen LogP contribution in [0.2, 0.25) is 0 Å². The number of hydrogen-bond acceptors (Lipinski definition) is 4. The highest BCUT2D eigenvalue weighted by Gasteiger charge is 2.28. The van der Waals surface area contributed by atoms with Gasteiger partial charge in [-0.05, 0) is 25.0 Å². The first-order valence-corrected chi connectivity index (χ1v) is 5.00. The molecule has 0 bridgehead atoms. The number of carboxylic acids is 2. The van der Waals surface area contributed by atoms with E-state index in [0.29, 0.717) is 11.1 Å². The molecule has 6 heteroatoms. The van der Waals surface area contributed by atoms with Gasteiger partial charge in [0.1, 0.15) is 0 Å². The van der Waals surface area contributed by atoms with Crippen molar-refractivity contribution in [2.75, 3.05) is 7.11 Å². The van der Waals surface area contributed by atoms with Gasteiger partial charge in [0.25, 0.3) is 0 Å². The van der Waals surface area contributed by atoms with Gasteiger partial charge in [0.15, 0.2) is 0 Å². The van der Waals surface area contributed by atoms with Crippen molar-refractivity contribution in [3.05, 3.63) is 33.9 Å². The summed E-state index contributed by atoms with van der Waals surface area (Å²) in [5, 5.41) is 18.2. The Balaban J connectivity index is 3.82. The Hall–Kier alpha value is -2.37. The van der Waals surface area contributed by atoms with Crippen molar-refractivity contribution in [3.8, 4) is 0 Å². The highest BCUT2D eigenvalue weighted by atomic mass is 16.5. The van der Waals surface area contributed by atoms with Crippen LogP contribution in [-0.4, -0.2) is 35.2 Å². The average molecular weight is 252 g/mol. The smallest absolute Gasteiger partial charge is 0.339 e. The molecule has 0 unspecified atom stereocenters. The third-order valence-corrected chi connectivity index (χ3v) is 2.54. The summed E-state index contributed by atoms with van der Waals surface area (Å²) in [5.74, 6) is -3.71. The molecular formula is C12H12O6. The van der Waals surface area contributed by atoms with Crippen LogP contribution >= 0.6 is 0 Å². The number of aromatic carboxylic acids is 2. The molecule has 1 aromatic carbocycles. The van der Waals surface area contributed by atoms with Crippen molar-refractivity contribution >= 4 is 17.9 Å². The number of hydrogen-bond donors (Lipinski definition) is 2. The summed E-state index contributed by atoms with van der Waals surface area (Å²) in [5.41, 5.74) is -0.486. The molecule has 0 fully saturated rings. The number of esters is 1. The topological polar surface area (TPSA) is 101 Å². The number of carboxylic acid groups (broad SMARTS) is 2. The Bertz CT molecular complexity index is 506. The largest absolute Gasteiger partial charge is 0.478 e. The molecule has 0 aromatic heterocycles. The van der Waals surface area contributed by atoms with Crippen molar-refractivity contribution < 1.29 is 29.3 Å². The van der Waals surface area contributed by atoms with Crippen LogP contribution in [0.1, 0.15) is 42.2 Å². The van der Waals surface area contributed by atoms with Gasteiger partial charge >= 0.3 is 17.9 Å². The zero-order valence-corrected chi connectivity index (χ0v) is 10.1. The molecule has 0 saturated carbocycles. The van der Waals surface area contributed by atoms with Crippen LogP contribution in [0.4, 0.5) is 0 Å². The maximum absolute atomic E-state index is 11.6. The van der Waals surface area contributed by atoms with Gasteiger partial charge in [0.05, 0.1) is 23.8 Å². The highest BCUT2D eigenvalue weighted by molar-refractivity contribution is 6.11. The first-order chi connectivity index (χ1) is 8.31. The minimum absolute atomic E-state index is 0.311. The molecule has 0 aliphatic carbocycles. The van der Waals surface area contributed by atoms with E-state index >= 15 is 0 Å². The Morgan fingerprint density at radius 1 is 0.944 bits per heavy atom. The van der Waals surface area contributed by atoms with Gasteiger partial charge < -0.3 is 14.9 Å². The number of carbonyl (C=O) groups excluding carboxylic acids is 1. The summed E-state index contributed by atoms with van der Waals surface area (Å²) in [7, 11) is 1.07. The maximum Gasteiger partial charge on any atom is 0.339 e. The van der Waals surface area contributed by atoms with Gasteiger partial charge in [0.2, 0.25) is 0 Å². The van der Waals surface area contributed by atoms with E-state index in [-0.39, 0.29) is 11.1 Å².